The molecule has 0 atom stereocenters. The van der Waals surface area contributed by atoms with Gasteiger partial charge < -0.3 is 15.0 Å². The minimum atomic E-state index is -0.518. The van der Waals surface area contributed by atoms with Gasteiger partial charge in [0.2, 0.25) is 0 Å². The number of nitrogen functional groups attached to an aromatic ring is 1. The fourth-order valence-corrected chi connectivity index (χ4v) is 1.69. The fourth-order valence-electron chi connectivity index (χ4n) is 1.69. The quantitative estimate of drug-likeness (QED) is 0.774. The molecule has 0 amide bonds. The van der Waals surface area contributed by atoms with Crippen LogP contribution < -0.4 is 11.2 Å². The van der Waals surface area contributed by atoms with Crippen molar-refractivity contribution in [2.45, 2.75) is 38.9 Å². The molecule has 0 bridgehead atoms. The summed E-state index contributed by atoms with van der Waals surface area (Å²) in [6, 6.07) is 3.66. The van der Waals surface area contributed by atoms with E-state index in [1.54, 1.807) is 12.3 Å². The van der Waals surface area contributed by atoms with Gasteiger partial charge >= 0.3 is 7.12 Å². The summed E-state index contributed by atoms with van der Waals surface area (Å²) in [4.78, 5) is 3.99. The predicted octanol–water partition coefficient (Wildman–Crippen LogP) is 0.947. The maximum atomic E-state index is 8.94. The van der Waals surface area contributed by atoms with Crippen LogP contribution in [0.4, 0.5) is 5.82 Å². The van der Waals surface area contributed by atoms with Crippen LogP contribution in [0.15, 0.2) is 12.3 Å². The first-order valence-corrected chi connectivity index (χ1v) is 5.78. The minimum absolute atomic E-state index is 0. The van der Waals surface area contributed by atoms with Crippen molar-refractivity contribution >= 4 is 31.9 Å². The highest BCUT2D eigenvalue weighted by Gasteiger charge is 2.51. The first-order chi connectivity index (χ1) is 8.27. The van der Waals surface area contributed by atoms with Crippen LogP contribution in [0.5, 0.6) is 0 Å². The number of anilines is 1. The molecule has 0 radical (unpaired) electrons. The van der Waals surface area contributed by atoms with Gasteiger partial charge in [-0.15, -0.1) is 0 Å². The summed E-state index contributed by atoms with van der Waals surface area (Å²) in [6.07, 6.45) is 1.58. The maximum Gasteiger partial charge on any atom is 0.496 e. The SMILES string of the molecule is CC1(C)OB(c2cnc(N)c(C#N)c2)OC1(C)C.S. The lowest BCUT2D eigenvalue weighted by Gasteiger charge is -2.32. The summed E-state index contributed by atoms with van der Waals surface area (Å²) in [6.45, 7) is 7.90. The molecule has 1 aromatic rings. The molecular weight excluding hydrogens is 261 g/mol. The number of hydrogen-bond acceptors (Lipinski definition) is 5. The average Bonchev–Trinajstić information content (AvgIpc) is 2.49. The Kier molecular flexibility index (Phi) is 4.20. The molecule has 1 aliphatic heterocycles. The Labute approximate surface area is 120 Å². The predicted molar refractivity (Wildman–Crippen MR) is 79.5 cm³/mol. The Morgan fingerprint density at radius 3 is 2.26 bits per heavy atom. The molecule has 2 N–H and O–H groups in total. The van der Waals surface area contributed by atoms with E-state index in [4.69, 9.17) is 20.3 Å². The Balaban J connectivity index is 0.00000180. The van der Waals surface area contributed by atoms with E-state index >= 15 is 0 Å². The second kappa shape index (κ2) is 5.04. The maximum absolute atomic E-state index is 8.94. The second-order valence-corrected chi connectivity index (χ2v) is 5.40. The van der Waals surface area contributed by atoms with E-state index in [2.05, 4.69) is 4.98 Å². The van der Waals surface area contributed by atoms with E-state index in [0.29, 0.717) is 11.0 Å². The molecule has 5 nitrogen and oxygen atoms in total. The van der Waals surface area contributed by atoms with E-state index in [-0.39, 0.29) is 19.3 Å². The van der Waals surface area contributed by atoms with Gasteiger partial charge in [0, 0.05) is 11.7 Å². The van der Waals surface area contributed by atoms with Crippen molar-refractivity contribution in [2.75, 3.05) is 5.73 Å². The van der Waals surface area contributed by atoms with Gasteiger partial charge in [0.1, 0.15) is 11.9 Å². The third-order valence-corrected chi connectivity index (χ3v) is 3.59. The van der Waals surface area contributed by atoms with Crippen LogP contribution in [0.2, 0.25) is 0 Å². The summed E-state index contributed by atoms with van der Waals surface area (Å²) < 4.78 is 11.8. The Hall–Kier alpha value is -1.23. The van der Waals surface area contributed by atoms with Crippen LogP contribution in [0.3, 0.4) is 0 Å². The zero-order chi connectivity index (χ0) is 13.6. The van der Waals surface area contributed by atoms with Crippen LogP contribution in [-0.2, 0) is 9.31 Å². The molecule has 1 fully saturated rings. The Morgan fingerprint density at radius 2 is 1.79 bits per heavy atom. The van der Waals surface area contributed by atoms with Crippen molar-refractivity contribution in [3.63, 3.8) is 0 Å². The number of pyridine rings is 1. The molecule has 1 aliphatic rings. The Morgan fingerprint density at radius 1 is 1.26 bits per heavy atom. The highest BCUT2D eigenvalue weighted by Crippen LogP contribution is 2.36. The van der Waals surface area contributed by atoms with Crippen LogP contribution in [0.25, 0.3) is 0 Å². The number of hydrogen-bond donors (Lipinski definition) is 1. The largest absolute Gasteiger partial charge is 0.496 e. The standard InChI is InChI=1S/C12H16BN3O2.H2S/c1-11(2)12(3,4)18-13(17-11)9-5-8(6-14)10(15)16-7-9;/h5,7H,1-4H3,(H2,15,16);1H2. The van der Waals surface area contributed by atoms with E-state index in [1.807, 2.05) is 33.8 Å². The lowest BCUT2D eigenvalue weighted by molar-refractivity contribution is 0.00578. The number of aromatic nitrogens is 1. The summed E-state index contributed by atoms with van der Waals surface area (Å²) >= 11 is 0. The molecule has 102 valence electrons. The molecule has 0 spiro atoms. The molecule has 7 heteroatoms. The lowest BCUT2D eigenvalue weighted by atomic mass is 9.80. The minimum Gasteiger partial charge on any atom is -0.399 e. The van der Waals surface area contributed by atoms with Gasteiger partial charge in [-0.3, -0.25) is 0 Å². The van der Waals surface area contributed by atoms with Crippen LogP contribution in [0.1, 0.15) is 33.3 Å². The molecule has 1 saturated heterocycles. The number of nitrogens with two attached hydrogens (primary N) is 1. The van der Waals surface area contributed by atoms with Gasteiger partial charge in [-0.2, -0.15) is 18.8 Å². The normalized spacial score (nSPS) is 19.6. The molecule has 2 rings (SSSR count). The van der Waals surface area contributed by atoms with Crippen molar-refractivity contribution in [1.29, 1.82) is 5.26 Å². The molecule has 2 heterocycles. The summed E-state index contributed by atoms with van der Waals surface area (Å²) in [5.74, 6) is 0.220. The molecule has 0 aromatic carbocycles. The molecule has 0 unspecified atom stereocenters. The van der Waals surface area contributed by atoms with Crippen molar-refractivity contribution in [1.82, 2.24) is 4.98 Å². The van der Waals surface area contributed by atoms with E-state index in [1.165, 1.54) is 0 Å². The number of nitriles is 1. The summed E-state index contributed by atoms with van der Waals surface area (Å²) in [5, 5.41) is 8.94. The Bertz CT molecular complexity index is 512. The summed E-state index contributed by atoms with van der Waals surface area (Å²) in [5.41, 5.74) is 5.81. The zero-order valence-electron chi connectivity index (χ0n) is 11.5. The van der Waals surface area contributed by atoms with Crippen molar-refractivity contribution in [3.05, 3.63) is 17.8 Å². The topological polar surface area (TPSA) is 81.2 Å². The fraction of sp³-hybridized carbons (Fsp3) is 0.500. The number of rotatable bonds is 1. The molecule has 19 heavy (non-hydrogen) atoms. The second-order valence-electron chi connectivity index (χ2n) is 5.40. The highest BCUT2D eigenvalue weighted by molar-refractivity contribution is 7.59. The first-order valence-electron chi connectivity index (χ1n) is 5.78. The number of nitrogens with zero attached hydrogens (tertiary/aromatic N) is 2. The summed E-state index contributed by atoms with van der Waals surface area (Å²) in [7, 11) is -0.518. The van der Waals surface area contributed by atoms with Gasteiger partial charge in [-0.1, -0.05) is 0 Å². The highest BCUT2D eigenvalue weighted by atomic mass is 32.1. The van der Waals surface area contributed by atoms with Crippen LogP contribution >= 0.6 is 13.5 Å². The van der Waals surface area contributed by atoms with Crippen molar-refractivity contribution < 1.29 is 9.31 Å². The first kappa shape index (κ1) is 15.8. The van der Waals surface area contributed by atoms with E-state index in [9.17, 15) is 0 Å². The average molecular weight is 279 g/mol. The van der Waals surface area contributed by atoms with Gasteiger partial charge in [-0.05, 0) is 33.8 Å². The third-order valence-electron chi connectivity index (χ3n) is 3.59. The molecular formula is C12H18BN3O2S. The molecule has 0 saturated carbocycles. The van der Waals surface area contributed by atoms with Gasteiger partial charge in [0.15, 0.2) is 0 Å². The monoisotopic (exact) mass is 279 g/mol. The zero-order valence-corrected chi connectivity index (χ0v) is 12.5. The third kappa shape index (κ3) is 2.71. The molecule has 0 aliphatic carbocycles. The van der Waals surface area contributed by atoms with Gasteiger partial charge in [0.05, 0.1) is 16.8 Å². The van der Waals surface area contributed by atoms with E-state index in [0.717, 1.165) is 0 Å². The van der Waals surface area contributed by atoms with Gasteiger partial charge in [0.25, 0.3) is 0 Å². The molecule has 1 aromatic heterocycles. The van der Waals surface area contributed by atoms with Crippen molar-refractivity contribution in [3.8, 4) is 6.07 Å². The van der Waals surface area contributed by atoms with Crippen LogP contribution in [-0.4, -0.2) is 23.3 Å². The van der Waals surface area contributed by atoms with Crippen molar-refractivity contribution in [2.24, 2.45) is 0 Å². The van der Waals surface area contributed by atoms with Crippen LogP contribution in [0, 0.1) is 11.3 Å². The lowest BCUT2D eigenvalue weighted by Crippen LogP contribution is -2.41. The smallest absolute Gasteiger partial charge is 0.399 e. The van der Waals surface area contributed by atoms with E-state index < -0.39 is 18.3 Å². The van der Waals surface area contributed by atoms with Gasteiger partial charge in [-0.25, -0.2) is 4.98 Å².